The van der Waals surface area contributed by atoms with Gasteiger partial charge in [0.05, 0.1) is 0 Å². The van der Waals surface area contributed by atoms with Gasteiger partial charge in [-0.3, -0.25) is 0 Å². The second-order valence-electron chi connectivity index (χ2n) is 5.53. The van der Waals surface area contributed by atoms with Gasteiger partial charge in [0.15, 0.2) is 0 Å². The van der Waals surface area contributed by atoms with Gasteiger partial charge in [-0.1, -0.05) is 0 Å². The zero-order valence-electron chi connectivity index (χ0n) is 11.5. The molecule has 0 radical (unpaired) electrons. The third-order valence-electron chi connectivity index (χ3n) is 2.94. The fourth-order valence-corrected chi connectivity index (χ4v) is 5.09. The Morgan fingerprint density at radius 1 is 0.895 bits per heavy atom. The molecule has 0 aliphatic rings. The molecule has 98 valence electrons. The Bertz CT molecular complexity index is 554. The third kappa shape index (κ3) is 3.83. The van der Waals surface area contributed by atoms with Crippen molar-refractivity contribution < 1.29 is 9.53 Å². The van der Waals surface area contributed by atoms with E-state index < -0.39 is 18.4 Å². The van der Waals surface area contributed by atoms with Crippen LogP contribution in [0.4, 0.5) is 0 Å². The van der Waals surface area contributed by atoms with Gasteiger partial charge in [-0.05, 0) is 0 Å². The summed E-state index contributed by atoms with van der Waals surface area (Å²) in [4.78, 5) is 19.0. The number of carbonyl (C=O) groups is 1. The van der Waals surface area contributed by atoms with Gasteiger partial charge in [-0.2, -0.15) is 0 Å². The van der Waals surface area contributed by atoms with Crippen LogP contribution in [0, 0.1) is 0 Å². The van der Waals surface area contributed by atoms with Crippen molar-refractivity contribution in [3.05, 3.63) is 60.2 Å². The molecule has 3 heteroatoms. The zero-order valence-corrected chi connectivity index (χ0v) is 14.4. The summed E-state index contributed by atoms with van der Waals surface area (Å²) >= 11 is -2.02. The fourth-order valence-electron chi connectivity index (χ4n) is 1.76. The van der Waals surface area contributed by atoms with Crippen molar-refractivity contribution in [1.82, 2.24) is 0 Å². The summed E-state index contributed by atoms with van der Waals surface area (Å²) in [5.74, 6) is 0.292. The van der Waals surface area contributed by atoms with Crippen molar-refractivity contribution in [1.29, 1.82) is 0 Å². The first-order valence-corrected chi connectivity index (χ1v) is 16.3. The van der Waals surface area contributed by atoms with Crippen molar-refractivity contribution >= 4 is 27.9 Å². The Morgan fingerprint density at radius 3 is 2.00 bits per heavy atom. The zero-order chi connectivity index (χ0) is 13.9. The molecule has 2 rings (SSSR count). The molecular formula is C16H18O2Sn. The monoisotopic (exact) mass is 362 g/mol. The molecule has 0 aromatic heterocycles. The van der Waals surface area contributed by atoms with Crippen molar-refractivity contribution in [3.8, 4) is 5.75 Å². The first kappa shape index (κ1) is 14.1. The molecule has 0 aliphatic heterocycles. The molecule has 0 heterocycles. The molecule has 0 spiro atoms. The molecule has 0 amide bonds. The predicted octanol–water partition coefficient (Wildman–Crippen LogP) is 3.45. The normalized spacial score (nSPS) is 11.1. The molecule has 2 aromatic rings. The van der Waals surface area contributed by atoms with Gasteiger partial charge < -0.3 is 0 Å². The van der Waals surface area contributed by atoms with Crippen LogP contribution in [0.3, 0.4) is 0 Å². The van der Waals surface area contributed by atoms with Crippen LogP contribution in [0.2, 0.25) is 14.8 Å². The minimum atomic E-state index is -2.02. The van der Waals surface area contributed by atoms with E-state index in [2.05, 4.69) is 27.0 Å². The van der Waals surface area contributed by atoms with Crippen LogP contribution in [-0.2, 0) is 0 Å². The maximum absolute atomic E-state index is 11.9. The quantitative estimate of drug-likeness (QED) is 0.476. The number of carbonyl (C=O) groups excluding carboxylic acids is 1. The summed E-state index contributed by atoms with van der Waals surface area (Å²) in [5.41, 5.74) is 0.571. The van der Waals surface area contributed by atoms with Crippen LogP contribution in [0.15, 0.2) is 54.6 Å². The number of hydrogen-bond donors (Lipinski definition) is 0. The Labute approximate surface area is 118 Å². The van der Waals surface area contributed by atoms with Crippen molar-refractivity contribution in [2.45, 2.75) is 14.8 Å². The van der Waals surface area contributed by atoms with Crippen LogP contribution in [0.25, 0.3) is 0 Å². The van der Waals surface area contributed by atoms with E-state index in [1.807, 2.05) is 30.3 Å². The van der Waals surface area contributed by atoms with Crippen LogP contribution < -0.4 is 8.32 Å². The van der Waals surface area contributed by atoms with Crippen molar-refractivity contribution in [3.63, 3.8) is 0 Å². The maximum atomic E-state index is 11.9. The minimum absolute atomic E-state index is 0.312. The summed E-state index contributed by atoms with van der Waals surface area (Å²) in [7, 11) is 0. The number of esters is 1. The molecule has 0 saturated carbocycles. The summed E-state index contributed by atoms with van der Waals surface area (Å²) < 4.78 is 6.78. The molecule has 0 fully saturated rings. The van der Waals surface area contributed by atoms with Crippen LogP contribution >= 0.6 is 0 Å². The van der Waals surface area contributed by atoms with Crippen LogP contribution in [-0.4, -0.2) is 24.3 Å². The summed E-state index contributed by atoms with van der Waals surface area (Å²) in [6.45, 7) is 0. The van der Waals surface area contributed by atoms with Gasteiger partial charge in [-0.25, -0.2) is 0 Å². The van der Waals surface area contributed by atoms with E-state index in [4.69, 9.17) is 4.74 Å². The average Bonchev–Trinajstić information content (AvgIpc) is 2.39. The van der Waals surface area contributed by atoms with E-state index in [9.17, 15) is 4.79 Å². The van der Waals surface area contributed by atoms with E-state index in [1.54, 1.807) is 12.1 Å². The molecular weight excluding hydrogens is 343 g/mol. The molecule has 19 heavy (non-hydrogen) atoms. The molecule has 2 aromatic carbocycles. The molecule has 0 N–H and O–H groups in total. The predicted molar refractivity (Wildman–Crippen MR) is 80.8 cm³/mol. The average molecular weight is 361 g/mol. The summed E-state index contributed by atoms with van der Waals surface area (Å²) in [6.07, 6.45) is 0. The summed E-state index contributed by atoms with van der Waals surface area (Å²) in [5, 5.41) is 0. The van der Waals surface area contributed by atoms with Gasteiger partial charge in [-0.15, -0.1) is 0 Å². The molecule has 0 aliphatic carbocycles. The van der Waals surface area contributed by atoms with Crippen LogP contribution in [0.5, 0.6) is 5.75 Å². The first-order valence-electron chi connectivity index (χ1n) is 6.34. The van der Waals surface area contributed by atoms with E-state index in [1.165, 1.54) is 3.58 Å². The van der Waals surface area contributed by atoms with Gasteiger partial charge in [0, 0.05) is 0 Å². The number of ether oxygens (including phenoxy) is 1. The Hall–Kier alpha value is -1.29. The van der Waals surface area contributed by atoms with Crippen molar-refractivity contribution in [2.24, 2.45) is 0 Å². The van der Waals surface area contributed by atoms with E-state index >= 15 is 0 Å². The molecule has 2 nitrogen and oxygen atoms in total. The molecule has 0 unspecified atom stereocenters. The second-order valence-corrected chi connectivity index (χ2v) is 20.0. The van der Waals surface area contributed by atoms with Crippen LogP contribution in [0.1, 0.15) is 10.4 Å². The van der Waals surface area contributed by atoms with E-state index in [0.29, 0.717) is 11.3 Å². The van der Waals surface area contributed by atoms with Gasteiger partial charge in [0.25, 0.3) is 0 Å². The second kappa shape index (κ2) is 5.78. The molecule has 0 bridgehead atoms. The third-order valence-corrected chi connectivity index (χ3v) is 8.84. The standard InChI is InChI=1S/C13H9O2.3CH3.Sn/c14-13(11-7-3-1-4-8-11)15-12-9-5-2-6-10-12;;;;/h1,3-10H;3*1H3;. The SMILES string of the molecule is [CH3][Sn]([CH3])([CH3])[c]1ccc(OC(=O)c2ccccc2)cc1. The number of hydrogen-bond acceptors (Lipinski definition) is 2. The van der Waals surface area contributed by atoms with E-state index in [0.717, 1.165) is 0 Å². The Kier molecular flexibility index (Phi) is 4.30. The summed E-state index contributed by atoms with van der Waals surface area (Å²) in [6, 6.07) is 17.0. The van der Waals surface area contributed by atoms with E-state index in [-0.39, 0.29) is 5.97 Å². The number of benzene rings is 2. The molecule has 0 atom stereocenters. The van der Waals surface area contributed by atoms with Gasteiger partial charge in [0.1, 0.15) is 0 Å². The fraction of sp³-hybridized carbons (Fsp3) is 0.188. The number of rotatable bonds is 3. The van der Waals surface area contributed by atoms with Crippen molar-refractivity contribution in [2.75, 3.05) is 0 Å². The Balaban J connectivity index is 2.10. The van der Waals surface area contributed by atoms with Gasteiger partial charge >= 0.3 is 118 Å². The topological polar surface area (TPSA) is 26.3 Å². The Morgan fingerprint density at radius 2 is 1.47 bits per heavy atom. The van der Waals surface area contributed by atoms with Gasteiger partial charge in [0.2, 0.25) is 0 Å². The molecule has 0 saturated heterocycles. The first-order chi connectivity index (χ1) is 8.97.